The second-order valence-electron chi connectivity index (χ2n) is 5.66. The number of Topliss-reactive ketones (excluding diaryl/α,β-unsaturated/α-hetero) is 1. The zero-order valence-corrected chi connectivity index (χ0v) is 12.2. The third-order valence-corrected chi connectivity index (χ3v) is 3.79. The van der Waals surface area contributed by atoms with Crippen LogP contribution in [-0.4, -0.2) is 10.8 Å². The summed E-state index contributed by atoms with van der Waals surface area (Å²) in [5.41, 5.74) is 9.16. The van der Waals surface area contributed by atoms with Gasteiger partial charge in [-0.15, -0.1) is 0 Å². The first kappa shape index (κ1) is 13.6. The summed E-state index contributed by atoms with van der Waals surface area (Å²) in [5.74, 6) is 0.894. The highest BCUT2D eigenvalue weighted by atomic mass is 16.5. The van der Waals surface area contributed by atoms with E-state index in [-0.39, 0.29) is 11.9 Å². The molecule has 21 heavy (non-hydrogen) atoms. The van der Waals surface area contributed by atoms with Crippen molar-refractivity contribution >= 4 is 11.5 Å². The molecule has 3 rings (SSSR count). The Morgan fingerprint density at radius 1 is 1.38 bits per heavy atom. The van der Waals surface area contributed by atoms with Crippen molar-refractivity contribution in [1.29, 1.82) is 0 Å². The lowest BCUT2D eigenvalue weighted by Gasteiger charge is -2.27. The molecular weight excluding hydrogens is 264 g/mol. The second kappa shape index (κ2) is 5.20. The minimum absolute atomic E-state index is 0.0688. The Kier molecular flexibility index (Phi) is 3.37. The number of pyridine rings is 1. The number of rotatable bonds is 2. The first-order chi connectivity index (χ1) is 10.1. The lowest BCUT2D eigenvalue weighted by molar-refractivity contribution is 0.0851. The third-order valence-electron chi connectivity index (χ3n) is 3.79. The van der Waals surface area contributed by atoms with Gasteiger partial charge in [0.2, 0.25) is 0 Å². The summed E-state index contributed by atoms with van der Waals surface area (Å²) in [6, 6.07) is 7.54. The number of fused-ring (bicyclic) bond motifs is 1. The van der Waals surface area contributed by atoms with Crippen LogP contribution in [0.1, 0.15) is 53.8 Å². The van der Waals surface area contributed by atoms with Crippen LogP contribution in [0.4, 0.5) is 5.69 Å². The lowest BCUT2D eigenvalue weighted by atomic mass is 9.92. The van der Waals surface area contributed by atoms with Gasteiger partial charge in [-0.3, -0.25) is 9.78 Å². The largest absolute Gasteiger partial charge is 0.482 e. The highest BCUT2D eigenvalue weighted by molar-refractivity contribution is 6.02. The van der Waals surface area contributed by atoms with Crippen molar-refractivity contribution in [3.8, 4) is 5.75 Å². The van der Waals surface area contributed by atoms with E-state index >= 15 is 0 Å². The number of carbonyl (C=O) groups is 1. The summed E-state index contributed by atoms with van der Waals surface area (Å²) in [4.78, 5) is 16.5. The van der Waals surface area contributed by atoms with Crippen molar-refractivity contribution in [2.75, 3.05) is 5.73 Å². The Hall–Kier alpha value is -2.36. The van der Waals surface area contributed by atoms with Gasteiger partial charge in [-0.05, 0) is 29.7 Å². The van der Waals surface area contributed by atoms with Gasteiger partial charge in [-0.2, -0.15) is 0 Å². The van der Waals surface area contributed by atoms with Gasteiger partial charge in [0.1, 0.15) is 6.10 Å². The number of hydrogen-bond acceptors (Lipinski definition) is 4. The maximum absolute atomic E-state index is 12.4. The number of nitrogens with two attached hydrogens (primary N) is 1. The van der Waals surface area contributed by atoms with Crippen LogP contribution in [0.2, 0.25) is 0 Å². The maximum atomic E-state index is 12.4. The standard InChI is InChI=1S/C17H18N2O2/c1-10(2)12-6-13-15(20)8-16(11-4-3-5-19-9-11)21-17(13)14(18)7-12/h3-7,9-10,16H,8,18H2,1-2H3. The molecule has 1 atom stereocenters. The Bertz CT molecular complexity index is 681. The van der Waals surface area contributed by atoms with E-state index < -0.39 is 0 Å². The molecule has 0 saturated heterocycles. The number of hydrogen-bond donors (Lipinski definition) is 1. The topological polar surface area (TPSA) is 65.2 Å². The molecule has 4 nitrogen and oxygen atoms in total. The molecule has 1 aliphatic heterocycles. The van der Waals surface area contributed by atoms with Crippen LogP contribution >= 0.6 is 0 Å². The zero-order chi connectivity index (χ0) is 15.0. The summed E-state index contributed by atoms with van der Waals surface area (Å²) < 4.78 is 5.97. The Morgan fingerprint density at radius 2 is 2.19 bits per heavy atom. The van der Waals surface area contributed by atoms with Crippen molar-refractivity contribution in [2.24, 2.45) is 0 Å². The minimum atomic E-state index is -0.314. The Labute approximate surface area is 124 Å². The summed E-state index contributed by atoms with van der Waals surface area (Å²) in [6.07, 6.45) is 3.43. The molecule has 1 aromatic carbocycles. The van der Waals surface area contributed by atoms with Crippen LogP contribution in [0.5, 0.6) is 5.75 Å². The molecule has 0 saturated carbocycles. The molecule has 108 valence electrons. The smallest absolute Gasteiger partial charge is 0.170 e. The van der Waals surface area contributed by atoms with Crippen molar-refractivity contribution < 1.29 is 9.53 Å². The predicted octanol–water partition coefficient (Wildman–Crippen LogP) is 3.49. The minimum Gasteiger partial charge on any atom is -0.482 e. The van der Waals surface area contributed by atoms with E-state index in [9.17, 15) is 4.79 Å². The summed E-state index contributed by atoms with van der Waals surface area (Å²) in [6.45, 7) is 4.15. The molecule has 2 heterocycles. The van der Waals surface area contributed by atoms with Gasteiger partial charge >= 0.3 is 0 Å². The molecule has 0 amide bonds. The van der Waals surface area contributed by atoms with Crippen LogP contribution in [0.15, 0.2) is 36.7 Å². The van der Waals surface area contributed by atoms with Crippen molar-refractivity contribution in [3.05, 3.63) is 53.3 Å². The highest BCUT2D eigenvalue weighted by Gasteiger charge is 2.30. The van der Waals surface area contributed by atoms with E-state index in [1.807, 2.05) is 24.3 Å². The zero-order valence-electron chi connectivity index (χ0n) is 12.2. The number of anilines is 1. The quantitative estimate of drug-likeness (QED) is 0.856. The molecule has 2 aromatic rings. The first-order valence-electron chi connectivity index (χ1n) is 7.09. The number of ketones is 1. The van der Waals surface area contributed by atoms with Gasteiger partial charge in [0.25, 0.3) is 0 Å². The van der Waals surface area contributed by atoms with Gasteiger partial charge in [-0.25, -0.2) is 0 Å². The van der Waals surface area contributed by atoms with Gasteiger partial charge in [0.05, 0.1) is 17.7 Å². The molecule has 0 radical (unpaired) electrons. The van der Waals surface area contributed by atoms with Gasteiger partial charge < -0.3 is 10.5 Å². The molecule has 1 unspecified atom stereocenters. The highest BCUT2D eigenvalue weighted by Crippen LogP contribution is 2.40. The van der Waals surface area contributed by atoms with E-state index in [1.165, 1.54) is 0 Å². The molecule has 0 aliphatic carbocycles. The molecule has 1 aromatic heterocycles. The van der Waals surface area contributed by atoms with E-state index in [0.717, 1.165) is 11.1 Å². The molecule has 1 aliphatic rings. The fourth-order valence-electron chi connectivity index (χ4n) is 2.56. The molecule has 0 spiro atoms. The van der Waals surface area contributed by atoms with Crippen LogP contribution in [0.25, 0.3) is 0 Å². The molecule has 4 heteroatoms. The second-order valence-corrected chi connectivity index (χ2v) is 5.66. The third kappa shape index (κ3) is 2.49. The number of nitrogen functional groups attached to an aromatic ring is 1. The van der Waals surface area contributed by atoms with Gasteiger partial charge in [0.15, 0.2) is 11.5 Å². The maximum Gasteiger partial charge on any atom is 0.170 e. The SMILES string of the molecule is CC(C)c1cc(N)c2c(c1)C(=O)CC(c1cccnc1)O2. The van der Waals surface area contributed by atoms with E-state index in [4.69, 9.17) is 10.5 Å². The van der Waals surface area contributed by atoms with Gasteiger partial charge in [-0.1, -0.05) is 19.9 Å². The Morgan fingerprint density at radius 3 is 2.86 bits per heavy atom. The monoisotopic (exact) mass is 282 g/mol. The average molecular weight is 282 g/mol. The number of aromatic nitrogens is 1. The molecule has 0 fully saturated rings. The number of ether oxygens (including phenoxy) is 1. The summed E-state index contributed by atoms with van der Waals surface area (Å²) in [5, 5.41) is 0. The number of nitrogens with zero attached hydrogens (tertiary/aromatic N) is 1. The van der Waals surface area contributed by atoms with Crippen LogP contribution in [0, 0.1) is 0 Å². The molecular formula is C17H18N2O2. The lowest BCUT2D eigenvalue weighted by Crippen LogP contribution is -2.21. The van der Waals surface area contributed by atoms with Gasteiger partial charge in [0, 0.05) is 18.0 Å². The summed E-state index contributed by atoms with van der Waals surface area (Å²) in [7, 11) is 0. The van der Waals surface area contributed by atoms with Crippen LogP contribution < -0.4 is 10.5 Å². The Balaban J connectivity index is 2.01. The number of carbonyl (C=O) groups excluding carboxylic acids is 1. The first-order valence-corrected chi connectivity index (χ1v) is 7.09. The van der Waals surface area contributed by atoms with E-state index in [2.05, 4.69) is 18.8 Å². The van der Waals surface area contributed by atoms with E-state index in [0.29, 0.717) is 29.3 Å². The normalized spacial score (nSPS) is 17.5. The van der Waals surface area contributed by atoms with E-state index in [1.54, 1.807) is 12.4 Å². The number of benzene rings is 1. The fourth-order valence-corrected chi connectivity index (χ4v) is 2.56. The van der Waals surface area contributed by atoms with Crippen molar-refractivity contribution in [1.82, 2.24) is 4.98 Å². The van der Waals surface area contributed by atoms with Crippen LogP contribution in [-0.2, 0) is 0 Å². The fraction of sp³-hybridized carbons (Fsp3) is 0.294. The summed E-state index contributed by atoms with van der Waals surface area (Å²) >= 11 is 0. The molecule has 2 N–H and O–H groups in total. The van der Waals surface area contributed by atoms with Crippen LogP contribution in [0.3, 0.4) is 0 Å². The molecule has 0 bridgehead atoms. The predicted molar refractivity (Wildman–Crippen MR) is 81.5 cm³/mol. The average Bonchev–Trinajstić information content (AvgIpc) is 2.48. The van der Waals surface area contributed by atoms with Crippen molar-refractivity contribution in [3.63, 3.8) is 0 Å². The van der Waals surface area contributed by atoms with Crippen molar-refractivity contribution in [2.45, 2.75) is 32.3 Å².